The Morgan fingerprint density at radius 1 is 1.33 bits per heavy atom. The molecule has 2 aromatic rings. The molecule has 1 amide bonds. The van der Waals surface area contributed by atoms with Crippen molar-refractivity contribution < 1.29 is 14.7 Å². The zero-order valence-electron chi connectivity index (χ0n) is 11.9. The van der Waals surface area contributed by atoms with E-state index < -0.39 is 0 Å². The van der Waals surface area contributed by atoms with E-state index in [0.29, 0.717) is 21.5 Å². The van der Waals surface area contributed by atoms with E-state index in [1.807, 2.05) is 0 Å². The van der Waals surface area contributed by atoms with E-state index in [-0.39, 0.29) is 17.6 Å². The van der Waals surface area contributed by atoms with Crippen LogP contribution in [-0.4, -0.2) is 40.5 Å². The molecule has 1 N–H and O–H groups in total. The Morgan fingerprint density at radius 3 is 2.57 bits per heavy atom. The summed E-state index contributed by atoms with van der Waals surface area (Å²) in [5.74, 6) is -0.477. The fourth-order valence-corrected chi connectivity index (χ4v) is 2.22. The first-order valence-electron chi connectivity index (χ1n) is 6.25. The average molecular weight is 307 g/mol. The minimum absolute atomic E-state index is 0.194. The Bertz CT molecular complexity index is 760. The number of carbonyl (C=O) groups is 2. The van der Waals surface area contributed by atoms with Crippen molar-refractivity contribution in [3.63, 3.8) is 0 Å². The van der Waals surface area contributed by atoms with Crippen molar-refractivity contribution >= 4 is 40.1 Å². The summed E-state index contributed by atoms with van der Waals surface area (Å²) >= 11 is 5.98. The van der Waals surface area contributed by atoms with Crippen LogP contribution in [0.4, 0.5) is 4.79 Å². The van der Waals surface area contributed by atoms with Gasteiger partial charge in [0.15, 0.2) is 5.78 Å². The van der Waals surface area contributed by atoms with E-state index in [9.17, 15) is 14.7 Å². The number of amides is 1. The van der Waals surface area contributed by atoms with Crippen molar-refractivity contribution in [3.05, 3.63) is 41.1 Å². The van der Waals surface area contributed by atoms with Gasteiger partial charge in [-0.15, -0.1) is 0 Å². The quantitative estimate of drug-likeness (QED) is 0.684. The molecule has 0 aliphatic heterocycles. The zero-order chi connectivity index (χ0) is 15.7. The van der Waals surface area contributed by atoms with Crippen molar-refractivity contribution in [1.29, 1.82) is 0 Å². The molecule has 5 nitrogen and oxygen atoms in total. The topological polar surface area (TPSA) is 62.5 Å². The Labute approximate surface area is 127 Å². The second-order valence-corrected chi connectivity index (χ2v) is 5.33. The number of aliphatic hydroxyl groups is 1. The van der Waals surface area contributed by atoms with Gasteiger partial charge < -0.3 is 10.0 Å². The fourth-order valence-electron chi connectivity index (χ4n) is 2.05. The summed E-state index contributed by atoms with van der Waals surface area (Å²) in [5.41, 5.74) is 0.995. The molecule has 6 heteroatoms. The first kappa shape index (κ1) is 15.1. The highest BCUT2D eigenvalue weighted by Crippen LogP contribution is 2.29. The molecule has 21 heavy (non-hydrogen) atoms. The monoisotopic (exact) mass is 306 g/mol. The van der Waals surface area contributed by atoms with Crippen LogP contribution in [0.25, 0.3) is 16.7 Å². The van der Waals surface area contributed by atoms with Crippen LogP contribution in [0.15, 0.2) is 30.5 Å². The number of allylic oxidation sites excluding steroid dienone is 1. The number of halogens is 1. The van der Waals surface area contributed by atoms with Gasteiger partial charge in [0, 0.05) is 42.3 Å². The van der Waals surface area contributed by atoms with Crippen molar-refractivity contribution in [2.24, 2.45) is 0 Å². The number of hydrogen-bond donors (Lipinski definition) is 1. The molecule has 1 heterocycles. The molecule has 0 unspecified atom stereocenters. The average Bonchev–Trinajstić information content (AvgIpc) is 2.75. The second kappa shape index (κ2) is 5.61. The summed E-state index contributed by atoms with van der Waals surface area (Å²) in [6.07, 6.45) is 2.61. The van der Waals surface area contributed by atoms with Gasteiger partial charge in [-0.05, 0) is 25.1 Å². The lowest BCUT2D eigenvalue weighted by molar-refractivity contribution is -0.112. The van der Waals surface area contributed by atoms with Gasteiger partial charge >= 0.3 is 6.03 Å². The Kier molecular flexibility index (Phi) is 4.04. The molecular weight excluding hydrogens is 292 g/mol. The van der Waals surface area contributed by atoms with E-state index in [1.54, 1.807) is 32.3 Å². The largest absolute Gasteiger partial charge is 0.507 e. The lowest BCUT2D eigenvalue weighted by Crippen LogP contribution is -2.26. The number of benzene rings is 1. The summed E-state index contributed by atoms with van der Waals surface area (Å²) in [7, 11) is 3.27. The van der Waals surface area contributed by atoms with Crippen LogP contribution in [0.5, 0.6) is 0 Å². The van der Waals surface area contributed by atoms with Gasteiger partial charge in [0.1, 0.15) is 5.76 Å². The predicted octanol–water partition coefficient (Wildman–Crippen LogP) is 3.31. The normalized spacial score (nSPS) is 11.7. The SMILES string of the molecule is CC(=O)C=C(O)c1cn(C(=O)N(C)C)c2ccc(Cl)cc12. The van der Waals surface area contributed by atoms with E-state index in [0.717, 1.165) is 6.08 Å². The van der Waals surface area contributed by atoms with Crippen LogP contribution >= 0.6 is 11.6 Å². The number of ketones is 1. The molecule has 0 saturated heterocycles. The Balaban J connectivity index is 2.74. The van der Waals surface area contributed by atoms with Crippen molar-refractivity contribution in [2.75, 3.05) is 14.1 Å². The number of fused-ring (bicyclic) bond motifs is 1. The van der Waals surface area contributed by atoms with E-state index >= 15 is 0 Å². The van der Waals surface area contributed by atoms with Crippen LogP contribution in [0.2, 0.25) is 5.02 Å². The molecule has 0 bridgehead atoms. The van der Waals surface area contributed by atoms with Crippen LogP contribution < -0.4 is 0 Å². The van der Waals surface area contributed by atoms with Crippen molar-refractivity contribution in [1.82, 2.24) is 9.47 Å². The summed E-state index contributed by atoms with van der Waals surface area (Å²) < 4.78 is 1.41. The lowest BCUT2D eigenvalue weighted by Gasteiger charge is -2.11. The second-order valence-electron chi connectivity index (χ2n) is 4.89. The molecule has 1 aromatic heterocycles. The number of hydrogen-bond acceptors (Lipinski definition) is 3. The molecule has 0 aliphatic rings. The van der Waals surface area contributed by atoms with Crippen LogP contribution in [-0.2, 0) is 4.79 Å². The predicted molar refractivity (Wildman–Crippen MR) is 82.7 cm³/mol. The van der Waals surface area contributed by atoms with Gasteiger partial charge in [-0.25, -0.2) is 4.79 Å². The Hall–Kier alpha value is -2.27. The molecule has 0 aliphatic carbocycles. The number of nitrogens with zero attached hydrogens (tertiary/aromatic N) is 2. The highest BCUT2D eigenvalue weighted by Gasteiger charge is 2.17. The molecular formula is C15H15ClN2O3. The van der Waals surface area contributed by atoms with E-state index in [2.05, 4.69) is 0 Å². The smallest absolute Gasteiger partial charge is 0.328 e. The third-order valence-corrected chi connectivity index (χ3v) is 3.21. The first-order valence-corrected chi connectivity index (χ1v) is 6.63. The molecule has 0 radical (unpaired) electrons. The van der Waals surface area contributed by atoms with Gasteiger partial charge in [0.05, 0.1) is 5.52 Å². The van der Waals surface area contributed by atoms with E-state index in [4.69, 9.17) is 11.6 Å². The highest BCUT2D eigenvalue weighted by atomic mass is 35.5. The molecule has 2 rings (SSSR count). The minimum atomic E-state index is -0.283. The van der Waals surface area contributed by atoms with Gasteiger partial charge in [0.2, 0.25) is 0 Å². The number of carbonyl (C=O) groups excluding carboxylic acids is 2. The minimum Gasteiger partial charge on any atom is -0.507 e. The number of aromatic nitrogens is 1. The van der Waals surface area contributed by atoms with Gasteiger partial charge in [-0.1, -0.05) is 11.6 Å². The molecule has 110 valence electrons. The van der Waals surface area contributed by atoms with Gasteiger partial charge in [0.25, 0.3) is 0 Å². The van der Waals surface area contributed by atoms with Crippen LogP contribution in [0, 0.1) is 0 Å². The van der Waals surface area contributed by atoms with Gasteiger partial charge in [-0.3, -0.25) is 9.36 Å². The maximum Gasteiger partial charge on any atom is 0.328 e. The maximum absolute atomic E-state index is 12.2. The van der Waals surface area contributed by atoms with Crippen LogP contribution in [0.3, 0.4) is 0 Å². The highest BCUT2D eigenvalue weighted by molar-refractivity contribution is 6.31. The standard InChI is InChI=1S/C15H15ClN2O3/c1-9(19)6-14(20)12-8-18(15(21)17(2)3)13-5-4-10(16)7-11(12)13/h4-8,20H,1-3H3. The molecule has 0 saturated carbocycles. The third-order valence-electron chi connectivity index (χ3n) is 2.97. The Morgan fingerprint density at radius 2 is 2.00 bits per heavy atom. The number of aliphatic hydroxyl groups excluding tert-OH is 1. The van der Waals surface area contributed by atoms with Crippen LogP contribution in [0.1, 0.15) is 12.5 Å². The summed E-state index contributed by atoms with van der Waals surface area (Å²) in [5, 5.41) is 11.2. The maximum atomic E-state index is 12.2. The summed E-state index contributed by atoms with van der Waals surface area (Å²) in [4.78, 5) is 24.7. The molecule has 0 spiro atoms. The fraction of sp³-hybridized carbons (Fsp3) is 0.200. The molecule has 0 fully saturated rings. The summed E-state index contributed by atoms with van der Waals surface area (Å²) in [6, 6.07) is 4.75. The summed E-state index contributed by atoms with van der Waals surface area (Å²) in [6.45, 7) is 1.34. The van der Waals surface area contributed by atoms with Crippen molar-refractivity contribution in [3.8, 4) is 0 Å². The lowest BCUT2D eigenvalue weighted by atomic mass is 10.1. The first-order chi connectivity index (χ1) is 9.81. The molecule has 1 aromatic carbocycles. The van der Waals surface area contributed by atoms with Crippen molar-refractivity contribution in [2.45, 2.75) is 6.92 Å². The zero-order valence-corrected chi connectivity index (χ0v) is 12.7. The number of rotatable bonds is 2. The molecule has 0 atom stereocenters. The van der Waals surface area contributed by atoms with E-state index in [1.165, 1.54) is 22.6 Å². The third kappa shape index (κ3) is 2.92. The van der Waals surface area contributed by atoms with Gasteiger partial charge in [-0.2, -0.15) is 0 Å².